The molecule has 3 nitrogen and oxygen atoms in total. The molecule has 1 unspecified atom stereocenters. The van der Waals surface area contributed by atoms with Crippen molar-refractivity contribution in [2.75, 3.05) is 0 Å². The topological polar surface area (TPSA) is 49.3 Å². The van der Waals surface area contributed by atoms with E-state index >= 15 is 0 Å². The second-order valence-electron chi connectivity index (χ2n) is 3.81. The van der Waals surface area contributed by atoms with Gasteiger partial charge in [-0.15, -0.1) is 0 Å². The smallest absolute Gasteiger partial charge is 0.252 e. The van der Waals surface area contributed by atoms with Gasteiger partial charge in [-0.1, -0.05) is 36.5 Å². The van der Waals surface area contributed by atoms with Crippen LogP contribution >= 0.6 is 35.4 Å². The Bertz CT molecular complexity index is 445. The van der Waals surface area contributed by atoms with Crippen LogP contribution in [0.25, 0.3) is 0 Å². The SMILES string of the molecule is CCCC(NC(=O)c1cc(Cl)cc(Cl)c1)C(O)=S. The van der Waals surface area contributed by atoms with Gasteiger partial charge < -0.3 is 10.4 Å². The second kappa shape index (κ2) is 6.92. The van der Waals surface area contributed by atoms with Crippen molar-refractivity contribution in [2.24, 2.45) is 0 Å². The zero-order valence-corrected chi connectivity index (χ0v) is 12.1. The van der Waals surface area contributed by atoms with Gasteiger partial charge in [0.2, 0.25) is 0 Å². The zero-order chi connectivity index (χ0) is 13.7. The summed E-state index contributed by atoms with van der Waals surface area (Å²) in [7, 11) is 0. The third-order valence-corrected chi connectivity index (χ3v) is 3.03. The van der Waals surface area contributed by atoms with Crippen molar-refractivity contribution in [1.29, 1.82) is 0 Å². The van der Waals surface area contributed by atoms with Crippen molar-refractivity contribution >= 4 is 46.4 Å². The normalized spacial score (nSPS) is 11.9. The van der Waals surface area contributed by atoms with E-state index in [1.807, 2.05) is 6.92 Å². The molecule has 0 aliphatic heterocycles. The predicted octanol–water partition coefficient (Wildman–Crippen LogP) is 3.78. The molecule has 0 aliphatic rings. The molecule has 1 aromatic rings. The van der Waals surface area contributed by atoms with Crippen LogP contribution in [0.3, 0.4) is 0 Å². The number of carbonyl (C=O) groups excluding carboxylic acids is 1. The van der Waals surface area contributed by atoms with E-state index in [0.29, 0.717) is 22.0 Å². The molecule has 0 aliphatic carbocycles. The van der Waals surface area contributed by atoms with Crippen LogP contribution in [0.15, 0.2) is 18.2 Å². The number of rotatable bonds is 5. The molecule has 0 radical (unpaired) electrons. The molecule has 0 heterocycles. The number of amides is 1. The highest BCUT2D eigenvalue weighted by Crippen LogP contribution is 2.19. The van der Waals surface area contributed by atoms with E-state index in [-0.39, 0.29) is 11.0 Å². The van der Waals surface area contributed by atoms with Crippen LogP contribution in [-0.4, -0.2) is 22.1 Å². The van der Waals surface area contributed by atoms with Crippen molar-refractivity contribution < 1.29 is 9.90 Å². The lowest BCUT2D eigenvalue weighted by molar-refractivity contribution is 0.0943. The minimum Gasteiger partial charge on any atom is -0.500 e. The molecule has 1 aromatic carbocycles. The Morgan fingerprint density at radius 3 is 2.39 bits per heavy atom. The Morgan fingerprint density at radius 2 is 1.94 bits per heavy atom. The summed E-state index contributed by atoms with van der Waals surface area (Å²) < 4.78 is 0. The first-order chi connectivity index (χ1) is 8.43. The molecule has 1 atom stereocenters. The quantitative estimate of drug-likeness (QED) is 0.814. The molecule has 1 rings (SSSR count). The van der Waals surface area contributed by atoms with E-state index in [2.05, 4.69) is 5.32 Å². The fourth-order valence-electron chi connectivity index (χ4n) is 1.47. The molecule has 0 aromatic heterocycles. The highest BCUT2D eigenvalue weighted by atomic mass is 35.5. The highest BCUT2D eigenvalue weighted by molar-refractivity contribution is 7.80. The van der Waals surface area contributed by atoms with Gasteiger partial charge in [0.1, 0.15) is 0 Å². The van der Waals surface area contributed by atoms with Gasteiger partial charge in [-0.3, -0.25) is 4.79 Å². The molecule has 98 valence electrons. The van der Waals surface area contributed by atoms with Gasteiger partial charge >= 0.3 is 0 Å². The zero-order valence-electron chi connectivity index (χ0n) is 9.74. The minimum atomic E-state index is -0.532. The van der Waals surface area contributed by atoms with E-state index in [9.17, 15) is 9.90 Å². The molecule has 1 amide bonds. The summed E-state index contributed by atoms with van der Waals surface area (Å²) in [6.45, 7) is 1.94. The van der Waals surface area contributed by atoms with Crippen molar-refractivity contribution in [3.63, 3.8) is 0 Å². The number of halogens is 2. The van der Waals surface area contributed by atoms with Crippen molar-refractivity contribution in [3.8, 4) is 0 Å². The van der Waals surface area contributed by atoms with E-state index in [0.717, 1.165) is 6.42 Å². The third-order valence-electron chi connectivity index (χ3n) is 2.31. The molecule has 0 fully saturated rings. The molecule has 2 N–H and O–H groups in total. The summed E-state index contributed by atoms with van der Waals surface area (Å²) >= 11 is 16.3. The molecule has 0 spiro atoms. The van der Waals surface area contributed by atoms with Crippen LogP contribution in [0, 0.1) is 0 Å². The molecule has 0 saturated heterocycles. The van der Waals surface area contributed by atoms with Gasteiger partial charge in [-0.05, 0) is 36.8 Å². The fourth-order valence-corrected chi connectivity index (χ4v) is 2.18. The van der Waals surface area contributed by atoms with E-state index in [1.165, 1.54) is 12.1 Å². The monoisotopic (exact) mass is 305 g/mol. The van der Waals surface area contributed by atoms with Gasteiger partial charge in [-0.25, -0.2) is 0 Å². The van der Waals surface area contributed by atoms with Gasteiger partial charge in [0.15, 0.2) is 5.05 Å². The average Bonchev–Trinajstić information content (AvgIpc) is 2.26. The first kappa shape index (κ1) is 15.2. The van der Waals surface area contributed by atoms with E-state index in [1.54, 1.807) is 6.07 Å². The van der Waals surface area contributed by atoms with Crippen LogP contribution in [0.4, 0.5) is 0 Å². The summed E-state index contributed by atoms with van der Waals surface area (Å²) in [4.78, 5) is 11.9. The standard InChI is InChI=1S/C12H13Cl2NO2S/c1-2-3-10(12(17)18)15-11(16)7-4-8(13)6-9(14)5-7/h4-6,10H,2-3H2,1H3,(H,15,16)(H,17,18). The number of carbonyl (C=O) groups is 1. The van der Waals surface area contributed by atoms with Crippen molar-refractivity contribution in [3.05, 3.63) is 33.8 Å². The lowest BCUT2D eigenvalue weighted by Gasteiger charge is -2.15. The summed E-state index contributed by atoms with van der Waals surface area (Å²) in [6.07, 6.45) is 1.37. The number of aliphatic hydroxyl groups excluding tert-OH is 1. The Morgan fingerprint density at radius 1 is 1.39 bits per heavy atom. The van der Waals surface area contributed by atoms with Crippen molar-refractivity contribution in [2.45, 2.75) is 25.8 Å². The Hall–Kier alpha value is -0.840. The number of nitrogens with one attached hydrogen (secondary N) is 1. The van der Waals surface area contributed by atoms with E-state index < -0.39 is 6.04 Å². The molecular formula is C12H13Cl2NO2S. The van der Waals surface area contributed by atoms with Gasteiger partial charge in [0.05, 0.1) is 6.04 Å². The van der Waals surface area contributed by atoms with Gasteiger partial charge in [0, 0.05) is 15.6 Å². The fraction of sp³-hybridized carbons (Fsp3) is 0.333. The Kier molecular flexibility index (Phi) is 5.85. The average molecular weight is 306 g/mol. The maximum atomic E-state index is 11.9. The van der Waals surface area contributed by atoms with Gasteiger partial charge in [0.25, 0.3) is 5.91 Å². The molecule has 18 heavy (non-hydrogen) atoms. The van der Waals surface area contributed by atoms with Crippen LogP contribution in [0.1, 0.15) is 30.1 Å². The maximum Gasteiger partial charge on any atom is 0.252 e. The highest BCUT2D eigenvalue weighted by Gasteiger charge is 2.17. The molecule has 0 bridgehead atoms. The summed E-state index contributed by atoms with van der Waals surface area (Å²) in [5.74, 6) is -0.366. The summed E-state index contributed by atoms with van der Waals surface area (Å²) in [6, 6.07) is 4.02. The first-order valence-corrected chi connectivity index (χ1v) is 6.60. The lowest BCUT2D eigenvalue weighted by Crippen LogP contribution is -2.39. The minimum absolute atomic E-state index is 0.224. The number of thiocarbonyl (C=S) groups is 1. The summed E-state index contributed by atoms with van der Waals surface area (Å²) in [5.41, 5.74) is 0.338. The predicted molar refractivity (Wildman–Crippen MR) is 77.9 cm³/mol. The Balaban J connectivity index is 2.83. The number of hydrogen-bond donors (Lipinski definition) is 2. The number of benzene rings is 1. The third kappa shape index (κ3) is 4.44. The second-order valence-corrected chi connectivity index (χ2v) is 5.10. The van der Waals surface area contributed by atoms with E-state index in [4.69, 9.17) is 35.4 Å². The van der Waals surface area contributed by atoms with Crippen LogP contribution in [0.2, 0.25) is 10.0 Å². The van der Waals surface area contributed by atoms with Crippen LogP contribution < -0.4 is 5.32 Å². The van der Waals surface area contributed by atoms with Crippen LogP contribution in [0.5, 0.6) is 0 Å². The molecule has 0 saturated carbocycles. The lowest BCUT2D eigenvalue weighted by atomic mass is 10.1. The molecule has 6 heteroatoms. The number of aliphatic hydroxyl groups is 1. The largest absolute Gasteiger partial charge is 0.500 e. The first-order valence-electron chi connectivity index (χ1n) is 5.43. The maximum absolute atomic E-state index is 11.9. The van der Waals surface area contributed by atoms with Gasteiger partial charge in [-0.2, -0.15) is 0 Å². The van der Waals surface area contributed by atoms with Crippen LogP contribution in [-0.2, 0) is 0 Å². The summed E-state index contributed by atoms with van der Waals surface area (Å²) in [5, 5.41) is 12.5. The van der Waals surface area contributed by atoms with Crippen molar-refractivity contribution in [1.82, 2.24) is 5.32 Å². The molecular weight excluding hydrogens is 293 g/mol. The number of hydrogen-bond acceptors (Lipinski definition) is 2. The Labute approximate surface area is 121 Å².